The van der Waals surface area contributed by atoms with Gasteiger partial charge >= 0.3 is 5.97 Å². The van der Waals surface area contributed by atoms with Gasteiger partial charge in [0, 0.05) is 30.4 Å². The van der Waals surface area contributed by atoms with Crippen molar-refractivity contribution in [2.24, 2.45) is 13.0 Å². The van der Waals surface area contributed by atoms with Crippen LogP contribution in [0.25, 0.3) is 0 Å². The summed E-state index contributed by atoms with van der Waals surface area (Å²) in [5, 5.41) is 34.4. The lowest BCUT2D eigenvalue weighted by molar-refractivity contribution is -0.384. The monoisotopic (exact) mass is 512 g/mol. The summed E-state index contributed by atoms with van der Waals surface area (Å²) in [5.41, 5.74) is 0.387. The number of carbonyl (C=O) groups is 3. The van der Waals surface area contributed by atoms with Gasteiger partial charge in [0.15, 0.2) is 11.0 Å². The predicted octanol–water partition coefficient (Wildman–Crippen LogP) is 3.28. The second kappa shape index (κ2) is 11.4. The lowest BCUT2D eigenvalue weighted by atomic mass is 10.0. The Bertz CT molecular complexity index is 1310. The van der Waals surface area contributed by atoms with Gasteiger partial charge in [0.05, 0.1) is 22.3 Å². The average Bonchev–Trinajstić information content (AvgIpc) is 3.20. The van der Waals surface area contributed by atoms with Gasteiger partial charge < -0.3 is 20.3 Å². The van der Waals surface area contributed by atoms with Crippen LogP contribution < -0.4 is 10.6 Å². The Balaban J connectivity index is 1.68. The first-order chi connectivity index (χ1) is 17.1. The summed E-state index contributed by atoms with van der Waals surface area (Å²) in [6, 6.07) is 10.8. The standard InChI is InChI=1S/C23H24N6O6S/c1-13(2)19(25-21(31)14-6-5-9-17(11-14)29(34)35)20-26-27-23(28(20)3)36-12-18(30)24-16-8-4-7-15(10-16)22(32)33/h4-11,13,19H,12H2,1-3H3,(H,24,30)(H,25,31)(H,32,33)/t19-/m1/s1. The van der Waals surface area contributed by atoms with Crippen molar-refractivity contribution in [3.63, 3.8) is 0 Å². The number of carbonyl (C=O) groups excluding carboxylic acids is 2. The second-order valence-corrected chi connectivity index (χ2v) is 9.07. The van der Waals surface area contributed by atoms with Crippen LogP contribution >= 0.6 is 11.8 Å². The summed E-state index contributed by atoms with van der Waals surface area (Å²) < 4.78 is 1.67. The molecule has 1 aromatic heterocycles. The van der Waals surface area contributed by atoms with E-state index in [1.807, 2.05) is 13.8 Å². The quantitative estimate of drug-likeness (QED) is 0.210. The van der Waals surface area contributed by atoms with Gasteiger partial charge in [-0.25, -0.2) is 4.79 Å². The fraction of sp³-hybridized carbons (Fsp3) is 0.261. The maximum absolute atomic E-state index is 12.8. The first-order valence-corrected chi connectivity index (χ1v) is 11.8. The van der Waals surface area contributed by atoms with Crippen molar-refractivity contribution in [3.8, 4) is 0 Å². The number of rotatable bonds is 10. The van der Waals surface area contributed by atoms with Crippen molar-refractivity contribution >= 4 is 40.9 Å². The normalized spacial score (nSPS) is 11.7. The predicted molar refractivity (Wildman–Crippen MR) is 132 cm³/mol. The van der Waals surface area contributed by atoms with Gasteiger partial charge in [-0.3, -0.25) is 19.7 Å². The molecule has 0 radical (unpaired) electrons. The number of nitro benzene ring substituents is 1. The number of thioether (sulfide) groups is 1. The molecule has 3 aromatic rings. The van der Waals surface area contributed by atoms with E-state index in [0.29, 0.717) is 16.7 Å². The van der Waals surface area contributed by atoms with Gasteiger partial charge in [-0.1, -0.05) is 37.7 Å². The van der Waals surface area contributed by atoms with Gasteiger partial charge in [-0.2, -0.15) is 0 Å². The minimum atomic E-state index is -1.09. The zero-order chi connectivity index (χ0) is 26.4. The van der Waals surface area contributed by atoms with Crippen molar-refractivity contribution in [2.75, 3.05) is 11.1 Å². The lowest BCUT2D eigenvalue weighted by Gasteiger charge is -2.21. The average molecular weight is 513 g/mol. The van der Waals surface area contributed by atoms with E-state index >= 15 is 0 Å². The number of carboxylic acids is 1. The molecule has 2 amide bonds. The Kier molecular flexibility index (Phi) is 8.38. The smallest absolute Gasteiger partial charge is 0.335 e. The molecule has 0 aliphatic rings. The molecule has 0 aliphatic heterocycles. The van der Waals surface area contributed by atoms with Crippen LogP contribution in [0.1, 0.15) is 46.4 Å². The number of amides is 2. The van der Waals surface area contributed by atoms with E-state index < -0.39 is 22.8 Å². The number of nitrogens with one attached hydrogen (secondary N) is 2. The van der Waals surface area contributed by atoms with Crippen LogP contribution in [0.15, 0.2) is 53.7 Å². The Morgan fingerprint density at radius 3 is 2.47 bits per heavy atom. The summed E-state index contributed by atoms with van der Waals surface area (Å²) in [6.45, 7) is 3.77. The summed E-state index contributed by atoms with van der Waals surface area (Å²) in [6.07, 6.45) is 0. The van der Waals surface area contributed by atoms with E-state index in [1.54, 1.807) is 17.7 Å². The number of nitrogens with zero attached hydrogens (tertiary/aromatic N) is 4. The maximum atomic E-state index is 12.8. The summed E-state index contributed by atoms with van der Waals surface area (Å²) >= 11 is 1.13. The lowest BCUT2D eigenvalue weighted by Crippen LogP contribution is -2.33. The highest BCUT2D eigenvalue weighted by molar-refractivity contribution is 7.99. The van der Waals surface area contributed by atoms with E-state index in [0.717, 1.165) is 11.8 Å². The molecule has 0 bridgehead atoms. The minimum Gasteiger partial charge on any atom is -0.478 e. The molecule has 2 aromatic carbocycles. The molecule has 12 nitrogen and oxygen atoms in total. The Hall–Kier alpha value is -4.26. The van der Waals surface area contributed by atoms with E-state index in [2.05, 4.69) is 20.8 Å². The molecular weight excluding hydrogens is 488 g/mol. The van der Waals surface area contributed by atoms with Crippen LogP contribution in [0.3, 0.4) is 0 Å². The number of hydrogen-bond donors (Lipinski definition) is 3. The molecule has 0 aliphatic carbocycles. The first-order valence-electron chi connectivity index (χ1n) is 10.8. The molecule has 188 valence electrons. The molecule has 1 atom stereocenters. The summed E-state index contributed by atoms with van der Waals surface area (Å²) in [5.74, 6) is -1.57. The third-order valence-electron chi connectivity index (χ3n) is 5.14. The number of anilines is 1. The number of non-ortho nitro benzene ring substituents is 1. The molecule has 0 saturated heterocycles. The van der Waals surface area contributed by atoms with Crippen molar-refractivity contribution < 1.29 is 24.4 Å². The van der Waals surface area contributed by atoms with Crippen molar-refractivity contribution in [2.45, 2.75) is 25.0 Å². The number of aromatic nitrogens is 3. The van der Waals surface area contributed by atoms with Crippen LogP contribution in [0.2, 0.25) is 0 Å². The van der Waals surface area contributed by atoms with Crippen LogP contribution in [-0.2, 0) is 11.8 Å². The molecule has 0 fully saturated rings. The van der Waals surface area contributed by atoms with Crippen molar-refractivity contribution in [3.05, 3.63) is 75.6 Å². The van der Waals surface area contributed by atoms with Gasteiger partial charge in [0.25, 0.3) is 11.6 Å². The molecule has 3 rings (SSSR count). The van der Waals surface area contributed by atoms with Gasteiger partial charge in [0.2, 0.25) is 5.91 Å². The van der Waals surface area contributed by atoms with Crippen LogP contribution in [0.5, 0.6) is 0 Å². The van der Waals surface area contributed by atoms with Crippen molar-refractivity contribution in [1.82, 2.24) is 20.1 Å². The highest BCUT2D eigenvalue weighted by Gasteiger charge is 2.26. The summed E-state index contributed by atoms with van der Waals surface area (Å²) in [7, 11) is 1.71. The van der Waals surface area contributed by atoms with Crippen molar-refractivity contribution in [1.29, 1.82) is 0 Å². The number of carboxylic acid groups (broad SMARTS) is 1. The van der Waals surface area contributed by atoms with E-state index in [9.17, 15) is 24.5 Å². The zero-order valence-electron chi connectivity index (χ0n) is 19.7. The van der Waals surface area contributed by atoms with Crippen LogP contribution in [-0.4, -0.2) is 48.3 Å². The maximum Gasteiger partial charge on any atom is 0.335 e. The highest BCUT2D eigenvalue weighted by Crippen LogP contribution is 2.25. The molecule has 36 heavy (non-hydrogen) atoms. The second-order valence-electron chi connectivity index (χ2n) is 8.13. The molecule has 0 saturated carbocycles. The minimum absolute atomic E-state index is 0.00431. The topological polar surface area (TPSA) is 169 Å². The largest absolute Gasteiger partial charge is 0.478 e. The van der Waals surface area contributed by atoms with E-state index in [1.165, 1.54) is 42.5 Å². The SMILES string of the molecule is CC(C)[C@@H](NC(=O)c1cccc([N+](=O)[O-])c1)c1nnc(SCC(=O)Nc2cccc(C(=O)O)c2)n1C. The fourth-order valence-corrected chi connectivity index (χ4v) is 4.01. The third kappa shape index (κ3) is 6.44. The van der Waals surface area contributed by atoms with Gasteiger partial charge in [-0.15, -0.1) is 10.2 Å². The van der Waals surface area contributed by atoms with Gasteiger partial charge in [0.1, 0.15) is 0 Å². The zero-order valence-corrected chi connectivity index (χ0v) is 20.5. The first kappa shape index (κ1) is 26.3. The Morgan fingerprint density at radius 2 is 1.81 bits per heavy atom. The van der Waals surface area contributed by atoms with E-state index in [4.69, 9.17) is 5.11 Å². The molecule has 3 N–H and O–H groups in total. The number of hydrogen-bond acceptors (Lipinski definition) is 8. The molecule has 1 heterocycles. The molecule has 0 unspecified atom stereocenters. The highest BCUT2D eigenvalue weighted by atomic mass is 32.2. The molecule has 13 heteroatoms. The molecular formula is C23H24N6O6S. The van der Waals surface area contributed by atoms with E-state index in [-0.39, 0.29) is 34.4 Å². The van der Waals surface area contributed by atoms with Gasteiger partial charge in [-0.05, 0) is 30.2 Å². The molecule has 0 spiro atoms. The fourth-order valence-electron chi connectivity index (χ4n) is 3.29. The number of benzene rings is 2. The van der Waals surface area contributed by atoms with Crippen LogP contribution in [0, 0.1) is 16.0 Å². The third-order valence-corrected chi connectivity index (χ3v) is 6.17. The number of aromatic carboxylic acids is 1. The Morgan fingerprint density at radius 1 is 1.11 bits per heavy atom. The number of nitro groups is 1. The van der Waals surface area contributed by atoms with Crippen LogP contribution in [0.4, 0.5) is 11.4 Å². The Labute approximate surface area is 210 Å². The summed E-state index contributed by atoms with van der Waals surface area (Å²) in [4.78, 5) is 46.7.